The molecule has 0 aliphatic heterocycles. The van der Waals surface area contributed by atoms with E-state index in [1.54, 1.807) is 31.4 Å². The van der Waals surface area contributed by atoms with Crippen molar-refractivity contribution >= 4 is 11.9 Å². The minimum atomic E-state index is -0.973. The lowest BCUT2D eigenvalue weighted by Gasteiger charge is -2.27. The van der Waals surface area contributed by atoms with Crippen LogP contribution in [0.2, 0.25) is 0 Å². The second kappa shape index (κ2) is 6.41. The third-order valence-corrected chi connectivity index (χ3v) is 3.67. The molecule has 1 saturated carbocycles. The van der Waals surface area contributed by atoms with Crippen molar-refractivity contribution in [2.24, 2.45) is 0 Å². The van der Waals surface area contributed by atoms with Crippen LogP contribution >= 0.6 is 0 Å². The number of aliphatic carboxylic acids is 1. The SMILES string of the molecule is COc1ccc(C(=O)N(CC(=O)O)C2CCCC2)cc1. The third kappa shape index (κ3) is 3.29. The van der Waals surface area contributed by atoms with Gasteiger partial charge in [0, 0.05) is 11.6 Å². The van der Waals surface area contributed by atoms with E-state index in [-0.39, 0.29) is 18.5 Å². The Bertz CT molecular complexity index is 477. The molecule has 1 amide bonds. The molecule has 5 heteroatoms. The van der Waals surface area contributed by atoms with E-state index in [2.05, 4.69) is 0 Å². The fourth-order valence-corrected chi connectivity index (χ4v) is 2.63. The summed E-state index contributed by atoms with van der Waals surface area (Å²) < 4.78 is 5.05. The van der Waals surface area contributed by atoms with Gasteiger partial charge < -0.3 is 14.7 Å². The Balaban J connectivity index is 2.17. The average molecular weight is 277 g/mol. The fraction of sp³-hybridized carbons (Fsp3) is 0.467. The van der Waals surface area contributed by atoms with E-state index in [9.17, 15) is 9.59 Å². The highest BCUT2D eigenvalue weighted by atomic mass is 16.5. The molecule has 0 heterocycles. The lowest BCUT2D eigenvalue weighted by molar-refractivity contribution is -0.138. The zero-order chi connectivity index (χ0) is 14.5. The van der Waals surface area contributed by atoms with Gasteiger partial charge in [-0.3, -0.25) is 9.59 Å². The van der Waals surface area contributed by atoms with Gasteiger partial charge in [-0.2, -0.15) is 0 Å². The first-order chi connectivity index (χ1) is 9.61. The summed E-state index contributed by atoms with van der Waals surface area (Å²) in [5, 5.41) is 9.01. The normalized spacial score (nSPS) is 15.1. The molecular formula is C15H19NO4. The van der Waals surface area contributed by atoms with Gasteiger partial charge in [0.05, 0.1) is 7.11 Å². The van der Waals surface area contributed by atoms with E-state index in [4.69, 9.17) is 9.84 Å². The minimum absolute atomic E-state index is 0.0423. The number of nitrogens with zero attached hydrogens (tertiary/aromatic N) is 1. The molecule has 1 fully saturated rings. The molecule has 0 saturated heterocycles. The summed E-state index contributed by atoms with van der Waals surface area (Å²) in [6.07, 6.45) is 3.87. The maximum absolute atomic E-state index is 12.5. The Morgan fingerprint density at radius 3 is 2.35 bits per heavy atom. The van der Waals surface area contributed by atoms with Crippen molar-refractivity contribution in [3.63, 3.8) is 0 Å². The second-order valence-corrected chi connectivity index (χ2v) is 4.99. The number of ether oxygens (including phenoxy) is 1. The first-order valence-corrected chi connectivity index (χ1v) is 6.78. The number of carbonyl (C=O) groups excluding carboxylic acids is 1. The van der Waals surface area contributed by atoms with Gasteiger partial charge in [-0.15, -0.1) is 0 Å². The second-order valence-electron chi connectivity index (χ2n) is 4.99. The number of carboxylic acid groups (broad SMARTS) is 1. The van der Waals surface area contributed by atoms with Gasteiger partial charge >= 0.3 is 5.97 Å². The highest BCUT2D eigenvalue weighted by molar-refractivity contribution is 5.96. The molecule has 5 nitrogen and oxygen atoms in total. The fourth-order valence-electron chi connectivity index (χ4n) is 2.63. The van der Waals surface area contributed by atoms with Crippen LogP contribution in [-0.2, 0) is 4.79 Å². The summed E-state index contributed by atoms with van der Waals surface area (Å²) >= 11 is 0. The lowest BCUT2D eigenvalue weighted by atomic mass is 10.1. The Labute approximate surface area is 118 Å². The van der Waals surface area contributed by atoms with Crippen LogP contribution in [0, 0.1) is 0 Å². The van der Waals surface area contributed by atoms with Crippen molar-refractivity contribution in [2.45, 2.75) is 31.7 Å². The quantitative estimate of drug-likeness (QED) is 0.895. The molecule has 20 heavy (non-hydrogen) atoms. The zero-order valence-electron chi connectivity index (χ0n) is 11.5. The van der Waals surface area contributed by atoms with E-state index < -0.39 is 5.97 Å². The Hall–Kier alpha value is -2.04. The molecular weight excluding hydrogens is 258 g/mol. The highest BCUT2D eigenvalue weighted by Gasteiger charge is 2.28. The summed E-state index contributed by atoms with van der Waals surface area (Å²) in [6, 6.07) is 6.80. The maximum atomic E-state index is 12.5. The van der Waals surface area contributed by atoms with Crippen molar-refractivity contribution in [2.75, 3.05) is 13.7 Å². The number of hydrogen-bond acceptors (Lipinski definition) is 3. The Morgan fingerprint density at radius 2 is 1.85 bits per heavy atom. The van der Waals surface area contributed by atoms with Crippen LogP contribution in [-0.4, -0.2) is 41.6 Å². The van der Waals surface area contributed by atoms with Crippen molar-refractivity contribution in [1.82, 2.24) is 4.90 Å². The molecule has 0 unspecified atom stereocenters. The molecule has 1 aliphatic rings. The minimum Gasteiger partial charge on any atom is -0.497 e. The topological polar surface area (TPSA) is 66.8 Å². The number of rotatable bonds is 5. The monoisotopic (exact) mass is 277 g/mol. The number of methoxy groups -OCH3 is 1. The van der Waals surface area contributed by atoms with Gasteiger partial charge in [0.2, 0.25) is 0 Å². The molecule has 1 aromatic rings. The van der Waals surface area contributed by atoms with Crippen LogP contribution in [0.25, 0.3) is 0 Å². The molecule has 1 aliphatic carbocycles. The highest BCUT2D eigenvalue weighted by Crippen LogP contribution is 2.25. The van der Waals surface area contributed by atoms with E-state index >= 15 is 0 Å². The van der Waals surface area contributed by atoms with Crippen LogP contribution in [0.4, 0.5) is 0 Å². The van der Waals surface area contributed by atoms with Gasteiger partial charge in [0.15, 0.2) is 0 Å². The van der Waals surface area contributed by atoms with Gasteiger partial charge in [0.25, 0.3) is 5.91 Å². The summed E-state index contributed by atoms with van der Waals surface area (Å²) in [6.45, 7) is -0.241. The molecule has 1 aromatic carbocycles. The standard InChI is InChI=1S/C15H19NO4/c1-20-13-8-6-11(7-9-13)15(19)16(10-14(17)18)12-4-2-3-5-12/h6-9,12H,2-5,10H2,1H3,(H,17,18). The Kier molecular flexibility index (Phi) is 4.61. The van der Waals surface area contributed by atoms with Crippen molar-refractivity contribution < 1.29 is 19.4 Å². The molecule has 0 radical (unpaired) electrons. The number of carbonyl (C=O) groups is 2. The van der Waals surface area contributed by atoms with Crippen LogP contribution < -0.4 is 4.74 Å². The number of amides is 1. The van der Waals surface area contributed by atoms with E-state index in [1.807, 2.05) is 0 Å². The van der Waals surface area contributed by atoms with Gasteiger partial charge in [0.1, 0.15) is 12.3 Å². The first-order valence-electron chi connectivity index (χ1n) is 6.78. The molecule has 1 N–H and O–H groups in total. The van der Waals surface area contributed by atoms with Crippen LogP contribution in [0.3, 0.4) is 0 Å². The third-order valence-electron chi connectivity index (χ3n) is 3.67. The summed E-state index contributed by atoms with van der Waals surface area (Å²) in [5.41, 5.74) is 0.499. The largest absolute Gasteiger partial charge is 0.497 e. The molecule has 108 valence electrons. The van der Waals surface area contributed by atoms with E-state index in [1.165, 1.54) is 4.90 Å². The van der Waals surface area contributed by atoms with Gasteiger partial charge in [-0.25, -0.2) is 0 Å². The van der Waals surface area contributed by atoms with E-state index in [0.717, 1.165) is 25.7 Å². The number of carboxylic acids is 1. The van der Waals surface area contributed by atoms with Crippen molar-refractivity contribution in [3.05, 3.63) is 29.8 Å². The van der Waals surface area contributed by atoms with Gasteiger partial charge in [-0.05, 0) is 37.1 Å². The first kappa shape index (κ1) is 14.4. The summed E-state index contributed by atoms with van der Waals surface area (Å²) in [7, 11) is 1.56. The maximum Gasteiger partial charge on any atom is 0.323 e. The average Bonchev–Trinajstić information content (AvgIpc) is 2.98. The van der Waals surface area contributed by atoms with Crippen molar-refractivity contribution in [1.29, 1.82) is 0 Å². The predicted molar refractivity (Wildman–Crippen MR) is 73.9 cm³/mol. The predicted octanol–water partition coefficient (Wildman–Crippen LogP) is 2.16. The zero-order valence-corrected chi connectivity index (χ0v) is 11.5. The Morgan fingerprint density at radius 1 is 1.25 bits per heavy atom. The van der Waals surface area contributed by atoms with Gasteiger partial charge in [-0.1, -0.05) is 12.8 Å². The molecule has 2 rings (SSSR count). The van der Waals surface area contributed by atoms with Crippen LogP contribution in [0.15, 0.2) is 24.3 Å². The van der Waals surface area contributed by atoms with E-state index in [0.29, 0.717) is 11.3 Å². The number of benzene rings is 1. The van der Waals surface area contributed by atoms with Crippen molar-refractivity contribution in [3.8, 4) is 5.75 Å². The summed E-state index contributed by atoms with van der Waals surface area (Å²) in [4.78, 5) is 25.0. The molecule has 0 aromatic heterocycles. The molecule has 0 spiro atoms. The van der Waals surface area contributed by atoms with Crippen LogP contribution in [0.5, 0.6) is 5.75 Å². The molecule has 0 bridgehead atoms. The molecule has 0 atom stereocenters. The number of hydrogen-bond donors (Lipinski definition) is 1. The summed E-state index contributed by atoms with van der Waals surface area (Å²) in [5.74, 6) is -0.520. The van der Waals surface area contributed by atoms with Crippen LogP contribution in [0.1, 0.15) is 36.0 Å². The lowest BCUT2D eigenvalue weighted by Crippen LogP contribution is -2.42. The smallest absolute Gasteiger partial charge is 0.323 e.